The van der Waals surface area contributed by atoms with E-state index >= 15 is 0 Å². The summed E-state index contributed by atoms with van der Waals surface area (Å²) in [6.07, 6.45) is -0.637. The smallest absolute Gasteiger partial charge is 0.291 e. The highest BCUT2D eigenvalue weighted by Crippen LogP contribution is 2.40. The molecule has 3 aromatic heterocycles. The topological polar surface area (TPSA) is 150 Å². The fraction of sp³-hybridized carbons (Fsp3) is 0.481. The van der Waals surface area contributed by atoms with Crippen molar-refractivity contribution in [2.45, 2.75) is 69.5 Å². The van der Waals surface area contributed by atoms with Gasteiger partial charge in [-0.05, 0) is 38.8 Å². The van der Waals surface area contributed by atoms with Crippen molar-refractivity contribution in [3.63, 3.8) is 0 Å². The Balaban J connectivity index is 1.53. The number of nitrogens with one attached hydrogen (secondary N) is 1. The first-order valence-electron chi connectivity index (χ1n) is 13.8. The summed E-state index contributed by atoms with van der Waals surface area (Å²) in [6.45, 7) is 8.68. The zero-order chi connectivity index (χ0) is 30.8. The van der Waals surface area contributed by atoms with Gasteiger partial charge in [0, 0.05) is 36.5 Å². The maximum atomic E-state index is 13.5. The van der Waals surface area contributed by atoms with Gasteiger partial charge in [0.15, 0.2) is 10.7 Å². The molecule has 16 heteroatoms. The molecule has 1 saturated heterocycles. The number of carbonyl (C=O) groups is 1. The van der Waals surface area contributed by atoms with Crippen LogP contribution in [-0.4, -0.2) is 74.7 Å². The summed E-state index contributed by atoms with van der Waals surface area (Å²) in [7, 11) is -4.09. The first-order valence-corrected chi connectivity index (χ1v) is 16.1. The Morgan fingerprint density at radius 1 is 1.16 bits per heavy atom. The van der Waals surface area contributed by atoms with E-state index < -0.39 is 27.0 Å². The molecule has 0 bridgehead atoms. The van der Waals surface area contributed by atoms with Crippen LogP contribution in [0.5, 0.6) is 0 Å². The van der Waals surface area contributed by atoms with Crippen LogP contribution in [0, 0.1) is 17.2 Å². The van der Waals surface area contributed by atoms with Gasteiger partial charge in [0.25, 0.3) is 6.43 Å². The molecule has 1 amide bonds. The number of nitriles is 1. The van der Waals surface area contributed by atoms with Gasteiger partial charge in [-0.2, -0.15) is 9.98 Å². The second kappa shape index (κ2) is 10.4. The van der Waals surface area contributed by atoms with Crippen molar-refractivity contribution < 1.29 is 22.0 Å². The molecule has 6 rings (SSSR count). The largest absolute Gasteiger partial charge is 0.349 e. The van der Waals surface area contributed by atoms with E-state index in [0.717, 1.165) is 0 Å². The summed E-state index contributed by atoms with van der Waals surface area (Å²) < 4.78 is 57.7. The predicted molar refractivity (Wildman–Crippen MR) is 156 cm³/mol. The number of anilines is 1. The van der Waals surface area contributed by atoms with Crippen molar-refractivity contribution >= 4 is 55.0 Å². The van der Waals surface area contributed by atoms with Gasteiger partial charge in [0.05, 0.1) is 21.9 Å². The molecule has 0 radical (unpaired) electrons. The van der Waals surface area contributed by atoms with Crippen LogP contribution in [0.4, 0.5) is 14.6 Å². The molecule has 0 spiro atoms. The number of sulfonamides is 1. The van der Waals surface area contributed by atoms with Crippen molar-refractivity contribution in [1.29, 1.82) is 5.26 Å². The number of alkyl halides is 2. The maximum absolute atomic E-state index is 13.5. The highest BCUT2D eigenvalue weighted by atomic mass is 32.2. The summed E-state index contributed by atoms with van der Waals surface area (Å²) in [4.78, 5) is 25.8. The fourth-order valence-electron chi connectivity index (χ4n) is 5.52. The van der Waals surface area contributed by atoms with Gasteiger partial charge in [0.2, 0.25) is 21.1 Å². The molecule has 1 aliphatic carbocycles. The third-order valence-electron chi connectivity index (χ3n) is 7.95. The molecular weight excluding hydrogens is 600 g/mol. The highest BCUT2D eigenvalue weighted by Gasteiger charge is 2.47. The van der Waals surface area contributed by atoms with E-state index in [0.29, 0.717) is 65.0 Å². The van der Waals surface area contributed by atoms with E-state index in [1.54, 1.807) is 6.07 Å². The number of hydrogen-bond donors (Lipinski definition) is 1. The second-order valence-electron chi connectivity index (χ2n) is 11.4. The minimum atomic E-state index is -4.09. The Morgan fingerprint density at radius 3 is 2.53 bits per heavy atom. The number of fused-ring (bicyclic) bond motifs is 3. The number of nitrogens with zero attached hydrogens (tertiary/aromatic N) is 8. The van der Waals surface area contributed by atoms with Crippen LogP contribution in [0.1, 0.15) is 52.0 Å². The van der Waals surface area contributed by atoms with Crippen molar-refractivity contribution in [3.05, 3.63) is 29.5 Å². The van der Waals surface area contributed by atoms with E-state index in [2.05, 4.69) is 29.8 Å². The maximum Gasteiger partial charge on any atom is 0.291 e. The lowest BCUT2D eigenvalue weighted by molar-refractivity contribution is -0.137. The number of halogens is 2. The van der Waals surface area contributed by atoms with Crippen LogP contribution in [0.2, 0.25) is 0 Å². The van der Waals surface area contributed by atoms with Crippen LogP contribution in [0.25, 0.3) is 27.1 Å². The Bertz CT molecular complexity index is 1900. The summed E-state index contributed by atoms with van der Waals surface area (Å²) in [5.41, 5.74) is -0.431. The molecule has 1 N–H and O–H groups in total. The third kappa shape index (κ3) is 4.98. The number of aromatic nitrogens is 5. The van der Waals surface area contributed by atoms with E-state index in [-0.39, 0.29) is 33.9 Å². The fourth-order valence-corrected chi connectivity index (χ4v) is 7.63. The first kappa shape index (κ1) is 29.3. The zero-order valence-electron chi connectivity index (χ0n) is 23.8. The van der Waals surface area contributed by atoms with Crippen molar-refractivity contribution in [2.24, 2.45) is 5.92 Å². The van der Waals surface area contributed by atoms with E-state index in [9.17, 15) is 27.3 Å². The van der Waals surface area contributed by atoms with Crippen LogP contribution in [0.15, 0.2) is 29.4 Å². The summed E-state index contributed by atoms with van der Waals surface area (Å²) in [5.74, 6) is 0.498. The average molecular weight is 630 g/mol. The zero-order valence-corrected chi connectivity index (χ0v) is 25.5. The quantitative estimate of drug-likeness (QED) is 0.322. The number of benzene rings is 1. The van der Waals surface area contributed by atoms with Gasteiger partial charge in [-0.15, -0.1) is 10.2 Å². The van der Waals surface area contributed by atoms with Crippen LogP contribution < -0.4 is 9.62 Å². The number of rotatable bonds is 7. The van der Waals surface area contributed by atoms with Gasteiger partial charge in [-0.25, -0.2) is 27.2 Å². The van der Waals surface area contributed by atoms with Gasteiger partial charge in [-0.3, -0.25) is 9.36 Å². The van der Waals surface area contributed by atoms with Crippen LogP contribution in [-0.2, 0) is 14.8 Å². The number of carbonyl (C=O) groups excluding carboxylic acids is 1. The minimum Gasteiger partial charge on any atom is -0.349 e. The molecule has 43 heavy (non-hydrogen) atoms. The summed E-state index contributed by atoms with van der Waals surface area (Å²) >= 11 is 0.678. The molecular formula is C27H29F2N9O3S2. The molecule has 1 saturated carbocycles. The van der Waals surface area contributed by atoms with Crippen molar-refractivity contribution in [2.75, 3.05) is 18.0 Å². The molecule has 0 unspecified atom stereocenters. The minimum absolute atomic E-state index is 0.0706. The summed E-state index contributed by atoms with van der Waals surface area (Å²) in [6, 6.07) is 6.28. The van der Waals surface area contributed by atoms with Crippen molar-refractivity contribution in [1.82, 2.24) is 34.4 Å². The number of piperazine rings is 1. The first-order chi connectivity index (χ1) is 20.4. The average Bonchev–Trinajstić information content (AvgIpc) is 3.41. The lowest BCUT2D eigenvalue weighted by Gasteiger charge is -2.45. The summed E-state index contributed by atoms with van der Waals surface area (Å²) in [5, 5.41) is 17.9. The Kier molecular flexibility index (Phi) is 7.09. The lowest BCUT2D eigenvalue weighted by atomic mass is 10.0. The Morgan fingerprint density at radius 2 is 1.91 bits per heavy atom. The molecule has 2 atom stereocenters. The van der Waals surface area contributed by atoms with Crippen LogP contribution in [0.3, 0.4) is 0 Å². The molecule has 12 nitrogen and oxygen atoms in total. The number of amides is 1. The predicted octanol–water partition coefficient (Wildman–Crippen LogP) is 3.78. The van der Waals surface area contributed by atoms with E-state index in [1.807, 2.05) is 38.7 Å². The molecule has 226 valence electrons. The van der Waals surface area contributed by atoms with Gasteiger partial charge in [0.1, 0.15) is 17.7 Å². The molecule has 1 aliphatic heterocycles. The van der Waals surface area contributed by atoms with Gasteiger partial charge >= 0.3 is 0 Å². The SMILES string of the molecule is CC(C)C(=O)N1C[C@@H](C)N(c2ncnc3c2c2ccc(S(=O)(=O)NC4(C#N)CC4)cc2n3-c2nnc(C(F)F)s2)C[C@@H]1C. The lowest BCUT2D eigenvalue weighted by Crippen LogP contribution is -2.59. The van der Waals surface area contributed by atoms with Gasteiger partial charge < -0.3 is 9.80 Å². The second-order valence-corrected chi connectivity index (χ2v) is 14.1. The molecule has 2 aliphatic rings. The molecule has 4 heterocycles. The Labute approximate surface area is 250 Å². The van der Waals surface area contributed by atoms with Gasteiger partial charge in [-0.1, -0.05) is 31.3 Å². The monoisotopic (exact) mass is 629 g/mol. The normalized spacial score (nSPS) is 20.3. The van der Waals surface area contributed by atoms with Crippen LogP contribution >= 0.6 is 11.3 Å². The van der Waals surface area contributed by atoms with E-state index in [4.69, 9.17) is 0 Å². The van der Waals surface area contributed by atoms with E-state index in [1.165, 1.54) is 23.0 Å². The molecule has 4 aromatic rings. The highest BCUT2D eigenvalue weighted by molar-refractivity contribution is 7.89. The number of hydrogen-bond acceptors (Lipinski definition) is 10. The molecule has 2 fully saturated rings. The standard InChI is InChI=1S/C27H29F2N9O3S2/c1-14(2)25(39)37-11-15(3)36(10-16(37)4)22-20-18-6-5-17(43(40,41)35-27(12-30)7-8-27)9-19(18)38(23(20)32-13-31-22)26-34-33-24(42-26)21(28)29/h5-6,9,13-16,21,35H,7-8,10-11H2,1-4H3/t15-,16+/m1/s1. The Hall–Kier alpha value is -3.81. The molecule has 1 aromatic carbocycles. The van der Waals surface area contributed by atoms with Crippen molar-refractivity contribution in [3.8, 4) is 11.2 Å². The third-order valence-corrected chi connectivity index (χ3v) is 10.4.